The molecule has 1 atom stereocenters. The van der Waals surface area contributed by atoms with Crippen molar-refractivity contribution in [3.05, 3.63) is 0 Å². The first-order valence-electron chi connectivity index (χ1n) is 6.63. The molecule has 2 heterocycles. The number of aliphatic hydroxyl groups is 1. The number of aliphatic hydroxyl groups excluding tert-OH is 1. The molecule has 2 aliphatic heterocycles. The number of hydrogen-bond acceptors (Lipinski definition) is 5. The number of ether oxygens (including phenoxy) is 1. The van der Waals surface area contributed by atoms with Gasteiger partial charge in [-0.15, -0.1) is 0 Å². The Kier molecular flexibility index (Phi) is 5.18. The zero-order valence-electron chi connectivity index (χ0n) is 10.8. The van der Waals surface area contributed by atoms with Crippen LogP contribution < -0.4 is 0 Å². The van der Waals surface area contributed by atoms with E-state index in [1.165, 1.54) is 0 Å². The Labute approximate surface area is 104 Å². The lowest BCUT2D eigenvalue weighted by atomic mass is 10.2. The van der Waals surface area contributed by atoms with Crippen molar-refractivity contribution >= 4 is 0 Å². The van der Waals surface area contributed by atoms with Crippen molar-refractivity contribution in [1.82, 2.24) is 14.7 Å². The molecule has 2 aliphatic rings. The smallest absolute Gasteiger partial charge is 0.0599 e. The first-order valence-corrected chi connectivity index (χ1v) is 6.63. The average Bonchev–Trinajstić information content (AvgIpc) is 2.38. The van der Waals surface area contributed by atoms with Crippen LogP contribution in [0.15, 0.2) is 0 Å². The SMILES string of the molecule is CN1CCN(CCN2CCOCC2)C(CO)C1. The first-order chi connectivity index (χ1) is 8.29. The van der Waals surface area contributed by atoms with E-state index in [0.29, 0.717) is 6.04 Å². The molecule has 0 saturated carbocycles. The van der Waals surface area contributed by atoms with Crippen molar-refractivity contribution < 1.29 is 9.84 Å². The molecule has 0 radical (unpaired) electrons. The first kappa shape index (κ1) is 13.2. The van der Waals surface area contributed by atoms with Crippen LogP contribution in [0.3, 0.4) is 0 Å². The van der Waals surface area contributed by atoms with Gasteiger partial charge < -0.3 is 14.7 Å². The molecule has 0 bridgehead atoms. The van der Waals surface area contributed by atoms with Gasteiger partial charge in [-0.1, -0.05) is 0 Å². The van der Waals surface area contributed by atoms with Crippen LogP contribution in [0.25, 0.3) is 0 Å². The van der Waals surface area contributed by atoms with Crippen LogP contribution in [0.5, 0.6) is 0 Å². The topological polar surface area (TPSA) is 39.2 Å². The van der Waals surface area contributed by atoms with Crippen molar-refractivity contribution in [2.75, 3.05) is 72.7 Å². The fourth-order valence-corrected chi connectivity index (χ4v) is 2.61. The highest BCUT2D eigenvalue weighted by molar-refractivity contribution is 4.81. The minimum Gasteiger partial charge on any atom is -0.395 e. The lowest BCUT2D eigenvalue weighted by Crippen LogP contribution is -2.55. The van der Waals surface area contributed by atoms with Gasteiger partial charge in [0, 0.05) is 51.9 Å². The molecule has 1 unspecified atom stereocenters. The zero-order chi connectivity index (χ0) is 12.1. The number of morpholine rings is 1. The third-order valence-electron chi connectivity index (χ3n) is 3.83. The number of hydrogen-bond donors (Lipinski definition) is 1. The zero-order valence-corrected chi connectivity index (χ0v) is 10.8. The highest BCUT2D eigenvalue weighted by atomic mass is 16.5. The summed E-state index contributed by atoms with van der Waals surface area (Å²) in [5.74, 6) is 0. The van der Waals surface area contributed by atoms with Crippen LogP contribution >= 0.6 is 0 Å². The van der Waals surface area contributed by atoms with E-state index < -0.39 is 0 Å². The van der Waals surface area contributed by atoms with Gasteiger partial charge in [0.25, 0.3) is 0 Å². The molecule has 0 spiro atoms. The van der Waals surface area contributed by atoms with Crippen LogP contribution in [0.2, 0.25) is 0 Å². The Morgan fingerprint density at radius 1 is 1.12 bits per heavy atom. The van der Waals surface area contributed by atoms with Crippen LogP contribution in [-0.4, -0.2) is 98.5 Å². The van der Waals surface area contributed by atoms with Gasteiger partial charge in [-0.25, -0.2) is 0 Å². The second-order valence-corrected chi connectivity index (χ2v) is 5.09. The molecule has 0 amide bonds. The van der Waals surface area contributed by atoms with Gasteiger partial charge in [-0.3, -0.25) is 9.80 Å². The number of nitrogens with zero attached hydrogens (tertiary/aromatic N) is 3. The van der Waals surface area contributed by atoms with E-state index in [1.807, 2.05) is 0 Å². The molecule has 0 aromatic carbocycles. The van der Waals surface area contributed by atoms with Crippen molar-refractivity contribution in [3.63, 3.8) is 0 Å². The molecule has 0 aromatic rings. The molecule has 5 heteroatoms. The van der Waals surface area contributed by atoms with E-state index in [0.717, 1.165) is 59.0 Å². The van der Waals surface area contributed by atoms with Crippen LogP contribution in [-0.2, 0) is 4.74 Å². The molecule has 2 fully saturated rings. The maximum Gasteiger partial charge on any atom is 0.0599 e. The predicted octanol–water partition coefficient (Wildman–Crippen LogP) is -1.07. The molecule has 0 aromatic heterocycles. The Morgan fingerprint density at radius 3 is 2.59 bits per heavy atom. The van der Waals surface area contributed by atoms with E-state index in [9.17, 15) is 5.11 Å². The summed E-state index contributed by atoms with van der Waals surface area (Å²) < 4.78 is 5.35. The molecular formula is C12H25N3O2. The van der Waals surface area contributed by atoms with Crippen LogP contribution in [0.4, 0.5) is 0 Å². The predicted molar refractivity (Wildman–Crippen MR) is 67.2 cm³/mol. The van der Waals surface area contributed by atoms with Gasteiger partial charge in [0.05, 0.1) is 19.8 Å². The third kappa shape index (κ3) is 3.89. The molecular weight excluding hydrogens is 218 g/mol. The van der Waals surface area contributed by atoms with Gasteiger partial charge in [-0.2, -0.15) is 0 Å². The summed E-state index contributed by atoms with van der Waals surface area (Å²) in [6.45, 7) is 9.45. The second kappa shape index (κ2) is 6.66. The summed E-state index contributed by atoms with van der Waals surface area (Å²) in [5.41, 5.74) is 0. The van der Waals surface area contributed by atoms with Crippen molar-refractivity contribution in [3.8, 4) is 0 Å². The quantitative estimate of drug-likeness (QED) is 0.680. The summed E-state index contributed by atoms with van der Waals surface area (Å²) in [6.07, 6.45) is 0. The van der Waals surface area contributed by atoms with Gasteiger partial charge >= 0.3 is 0 Å². The molecule has 2 saturated heterocycles. The summed E-state index contributed by atoms with van der Waals surface area (Å²) in [4.78, 5) is 7.18. The Morgan fingerprint density at radius 2 is 1.88 bits per heavy atom. The number of piperazine rings is 1. The maximum absolute atomic E-state index is 9.41. The fraction of sp³-hybridized carbons (Fsp3) is 1.00. The van der Waals surface area contributed by atoms with Gasteiger partial charge in [0.15, 0.2) is 0 Å². The third-order valence-corrected chi connectivity index (χ3v) is 3.83. The standard InChI is InChI=1S/C12H25N3O2/c1-13-2-4-15(12(10-13)11-16)5-3-14-6-8-17-9-7-14/h12,16H,2-11H2,1H3. The molecule has 5 nitrogen and oxygen atoms in total. The Balaban J connectivity index is 1.73. The van der Waals surface area contributed by atoms with E-state index in [2.05, 4.69) is 21.7 Å². The lowest BCUT2D eigenvalue weighted by Gasteiger charge is -2.40. The minimum atomic E-state index is 0.271. The van der Waals surface area contributed by atoms with Crippen molar-refractivity contribution in [1.29, 1.82) is 0 Å². The summed E-state index contributed by atoms with van der Waals surface area (Å²) in [5, 5.41) is 9.41. The minimum absolute atomic E-state index is 0.271. The number of rotatable bonds is 4. The lowest BCUT2D eigenvalue weighted by molar-refractivity contribution is 0.0149. The van der Waals surface area contributed by atoms with E-state index >= 15 is 0 Å². The molecule has 17 heavy (non-hydrogen) atoms. The van der Waals surface area contributed by atoms with Crippen LogP contribution in [0, 0.1) is 0 Å². The maximum atomic E-state index is 9.41. The summed E-state index contributed by atoms with van der Waals surface area (Å²) in [7, 11) is 2.13. The molecule has 1 N–H and O–H groups in total. The normalized spacial score (nSPS) is 29.6. The van der Waals surface area contributed by atoms with Crippen molar-refractivity contribution in [2.24, 2.45) is 0 Å². The molecule has 0 aliphatic carbocycles. The van der Waals surface area contributed by atoms with Gasteiger partial charge in [0.2, 0.25) is 0 Å². The van der Waals surface area contributed by atoms with E-state index in [-0.39, 0.29) is 6.61 Å². The van der Waals surface area contributed by atoms with Gasteiger partial charge in [-0.05, 0) is 7.05 Å². The summed E-state index contributed by atoms with van der Waals surface area (Å²) >= 11 is 0. The molecule has 100 valence electrons. The second-order valence-electron chi connectivity index (χ2n) is 5.09. The highest BCUT2D eigenvalue weighted by Gasteiger charge is 2.24. The highest BCUT2D eigenvalue weighted by Crippen LogP contribution is 2.08. The fourth-order valence-electron chi connectivity index (χ4n) is 2.61. The van der Waals surface area contributed by atoms with Gasteiger partial charge in [0.1, 0.15) is 0 Å². The monoisotopic (exact) mass is 243 g/mol. The average molecular weight is 243 g/mol. The van der Waals surface area contributed by atoms with Crippen molar-refractivity contribution in [2.45, 2.75) is 6.04 Å². The Hall–Kier alpha value is -0.200. The van der Waals surface area contributed by atoms with Crippen LogP contribution in [0.1, 0.15) is 0 Å². The Bertz CT molecular complexity index is 222. The molecule has 2 rings (SSSR count). The summed E-state index contributed by atoms with van der Waals surface area (Å²) in [6, 6.07) is 0.315. The van der Waals surface area contributed by atoms with E-state index in [1.54, 1.807) is 0 Å². The number of likely N-dealkylation sites (N-methyl/N-ethyl adjacent to an activating group) is 1. The van der Waals surface area contributed by atoms with E-state index in [4.69, 9.17) is 4.74 Å². The largest absolute Gasteiger partial charge is 0.395 e.